The summed E-state index contributed by atoms with van der Waals surface area (Å²) in [5, 5.41) is 3.23. The lowest BCUT2D eigenvalue weighted by Gasteiger charge is -2.39. The van der Waals surface area contributed by atoms with Crippen LogP contribution in [0.4, 0.5) is 27.6 Å². The second kappa shape index (κ2) is 10.8. The molecule has 0 atom stereocenters. The van der Waals surface area contributed by atoms with E-state index in [4.69, 9.17) is 0 Å². The molecule has 5 rings (SSSR count). The van der Waals surface area contributed by atoms with Crippen LogP contribution in [0.2, 0.25) is 0 Å². The average molecular weight is 537 g/mol. The highest BCUT2D eigenvalue weighted by molar-refractivity contribution is 5.81. The number of carbonyl (C=O) groups excluding carboxylic acids is 1. The monoisotopic (exact) mass is 536 g/mol. The summed E-state index contributed by atoms with van der Waals surface area (Å²) in [5.74, 6) is -2.35. The fraction of sp³-hybridized carbons (Fsp3) is 0.536. The number of anilines is 1. The van der Waals surface area contributed by atoms with Gasteiger partial charge in [0.1, 0.15) is 0 Å². The van der Waals surface area contributed by atoms with Crippen molar-refractivity contribution < 1.29 is 26.7 Å². The Balaban J connectivity index is 1.27. The smallest absolute Gasteiger partial charge is 0.376 e. The number of nitrogens with zero attached hydrogens (tertiary/aromatic N) is 3. The van der Waals surface area contributed by atoms with Crippen LogP contribution in [0.5, 0.6) is 0 Å². The molecule has 1 saturated carbocycles. The summed E-state index contributed by atoms with van der Waals surface area (Å²) in [4.78, 5) is 18.6. The second-order valence-electron chi connectivity index (χ2n) is 10.8. The Kier molecular flexibility index (Phi) is 7.64. The van der Waals surface area contributed by atoms with Gasteiger partial charge in [-0.2, -0.15) is 13.2 Å². The zero-order chi connectivity index (χ0) is 26.9. The molecule has 0 bridgehead atoms. The number of nitrogens with one attached hydrogen (secondary N) is 1. The van der Waals surface area contributed by atoms with Crippen molar-refractivity contribution in [1.82, 2.24) is 14.7 Å². The number of fused-ring (bicyclic) bond motifs is 1. The highest BCUT2D eigenvalue weighted by Crippen LogP contribution is 2.34. The van der Waals surface area contributed by atoms with E-state index in [1.807, 2.05) is 12.1 Å². The SMILES string of the molecule is O=C(CNc1cccc2c1CN(CC1CC1)CC2)N(CCN1CC(F)(F)C1)Cc1ccccc1C(F)(F)F. The van der Waals surface area contributed by atoms with Gasteiger partial charge in [0.05, 0.1) is 25.2 Å². The van der Waals surface area contributed by atoms with Crippen LogP contribution in [0.1, 0.15) is 35.1 Å². The summed E-state index contributed by atoms with van der Waals surface area (Å²) in [6.45, 7) is 1.97. The normalized spacial score (nSPS) is 19.5. The average Bonchev–Trinajstić information content (AvgIpc) is 3.67. The van der Waals surface area contributed by atoms with Gasteiger partial charge in [-0.25, -0.2) is 8.78 Å². The molecule has 38 heavy (non-hydrogen) atoms. The van der Waals surface area contributed by atoms with Gasteiger partial charge < -0.3 is 10.2 Å². The molecule has 5 nitrogen and oxygen atoms in total. The first-order chi connectivity index (χ1) is 18.1. The van der Waals surface area contributed by atoms with Crippen molar-refractivity contribution in [3.05, 3.63) is 64.7 Å². The van der Waals surface area contributed by atoms with Crippen molar-refractivity contribution in [1.29, 1.82) is 0 Å². The van der Waals surface area contributed by atoms with Crippen molar-refractivity contribution in [2.45, 2.75) is 44.5 Å². The van der Waals surface area contributed by atoms with Crippen molar-refractivity contribution in [3.63, 3.8) is 0 Å². The summed E-state index contributed by atoms with van der Waals surface area (Å²) < 4.78 is 67.4. The van der Waals surface area contributed by atoms with Gasteiger partial charge in [-0.05, 0) is 54.0 Å². The lowest BCUT2D eigenvalue weighted by atomic mass is 9.97. The summed E-state index contributed by atoms with van der Waals surface area (Å²) in [7, 11) is 0. The van der Waals surface area contributed by atoms with Gasteiger partial charge in [0.15, 0.2) is 0 Å². The molecule has 1 N–H and O–H groups in total. The third-order valence-electron chi connectivity index (χ3n) is 7.63. The molecule has 0 spiro atoms. The van der Waals surface area contributed by atoms with Crippen LogP contribution in [0.15, 0.2) is 42.5 Å². The molecule has 10 heteroatoms. The van der Waals surface area contributed by atoms with Crippen LogP contribution in [0, 0.1) is 5.92 Å². The topological polar surface area (TPSA) is 38.8 Å². The largest absolute Gasteiger partial charge is 0.416 e. The van der Waals surface area contributed by atoms with Gasteiger partial charge in [0.25, 0.3) is 5.92 Å². The molecule has 1 amide bonds. The molecule has 2 fully saturated rings. The molecule has 1 aliphatic carbocycles. The van der Waals surface area contributed by atoms with Gasteiger partial charge in [-0.3, -0.25) is 14.6 Å². The van der Waals surface area contributed by atoms with E-state index in [0.29, 0.717) is 0 Å². The molecule has 0 aromatic heterocycles. The fourth-order valence-electron chi connectivity index (χ4n) is 5.37. The Morgan fingerprint density at radius 1 is 1.05 bits per heavy atom. The molecule has 2 aromatic rings. The number of alkyl halides is 5. The molecule has 1 saturated heterocycles. The number of carbonyl (C=O) groups is 1. The maximum absolute atomic E-state index is 13.6. The van der Waals surface area contributed by atoms with E-state index in [1.54, 1.807) is 0 Å². The molecular weight excluding hydrogens is 503 g/mol. The van der Waals surface area contributed by atoms with E-state index >= 15 is 0 Å². The van der Waals surface area contributed by atoms with Gasteiger partial charge in [0.2, 0.25) is 5.91 Å². The molecule has 2 aliphatic heterocycles. The Labute approximate surface area is 219 Å². The fourth-order valence-corrected chi connectivity index (χ4v) is 5.37. The van der Waals surface area contributed by atoms with E-state index < -0.39 is 30.8 Å². The third-order valence-corrected chi connectivity index (χ3v) is 7.63. The molecule has 0 unspecified atom stereocenters. The molecule has 0 radical (unpaired) electrons. The number of halogens is 5. The molecule has 2 aromatic carbocycles. The van der Waals surface area contributed by atoms with Crippen LogP contribution in [0.25, 0.3) is 0 Å². The first-order valence-electron chi connectivity index (χ1n) is 13.2. The minimum Gasteiger partial charge on any atom is -0.376 e. The summed E-state index contributed by atoms with van der Waals surface area (Å²) >= 11 is 0. The zero-order valence-corrected chi connectivity index (χ0v) is 21.2. The lowest BCUT2D eigenvalue weighted by Crippen LogP contribution is -2.58. The van der Waals surface area contributed by atoms with E-state index in [1.165, 1.54) is 46.4 Å². The number of hydrogen-bond acceptors (Lipinski definition) is 4. The Bertz CT molecular complexity index is 1140. The van der Waals surface area contributed by atoms with Gasteiger partial charge in [-0.15, -0.1) is 0 Å². The second-order valence-corrected chi connectivity index (χ2v) is 10.8. The number of likely N-dealkylation sites (tertiary alicyclic amines) is 1. The van der Waals surface area contributed by atoms with Gasteiger partial charge in [-0.1, -0.05) is 30.3 Å². The maximum Gasteiger partial charge on any atom is 0.416 e. The van der Waals surface area contributed by atoms with Crippen LogP contribution in [-0.2, 0) is 30.5 Å². The van der Waals surface area contributed by atoms with Crippen molar-refractivity contribution >= 4 is 11.6 Å². The number of amides is 1. The Morgan fingerprint density at radius 3 is 2.53 bits per heavy atom. The minimum atomic E-state index is -4.56. The zero-order valence-electron chi connectivity index (χ0n) is 21.2. The van der Waals surface area contributed by atoms with E-state index in [0.717, 1.165) is 49.3 Å². The van der Waals surface area contributed by atoms with Gasteiger partial charge >= 0.3 is 6.18 Å². The van der Waals surface area contributed by atoms with E-state index in [9.17, 15) is 26.7 Å². The number of benzene rings is 2. The lowest BCUT2D eigenvalue weighted by molar-refractivity contribution is -0.141. The van der Waals surface area contributed by atoms with Gasteiger partial charge in [0, 0.05) is 45.0 Å². The predicted octanol–water partition coefficient (Wildman–Crippen LogP) is 4.87. The van der Waals surface area contributed by atoms with Crippen molar-refractivity contribution in [3.8, 4) is 0 Å². The Morgan fingerprint density at radius 2 is 1.82 bits per heavy atom. The minimum absolute atomic E-state index is 0.0184. The molecule has 3 aliphatic rings. The first kappa shape index (κ1) is 26.9. The number of hydrogen-bond donors (Lipinski definition) is 1. The summed E-state index contributed by atoms with van der Waals surface area (Å²) in [5.41, 5.74) is 2.44. The van der Waals surface area contributed by atoms with Crippen LogP contribution in [0.3, 0.4) is 0 Å². The predicted molar refractivity (Wildman–Crippen MR) is 135 cm³/mol. The van der Waals surface area contributed by atoms with E-state index in [-0.39, 0.29) is 37.6 Å². The van der Waals surface area contributed by atoms with E-state index in [2.05, 4.69) is 16.3 Å². The summed E-state index contributed by atoms with van der Waals surface area (Å²) in [6.07, 6.45) is -1.06. The molecular formula is C28H33F5N4O. The third kappa shape index (κ3) is 6.64. The van der Waals surface area contributed by atoms with Crippen LogP contribution >= 0.6 is 0 Å². The first-order valence-corrected chi connectivity index (χ1v) is 13.2. The van der Waals surface area contributed by atoms with Crippen molar-refractivity contribution in [2.75, 3.05) is 51.1 Å². The highest BCUT2D eigenvalue weighted by Gasteiger charge is 2.43. The Hall–Kier alpha value is -2.72. The standard InChI is InChI=1S/C28H33F5N4O/c29-27(30)18-36(19-27)12-13-37(16-22-4-1-2-6-24(22)28(31,32)33)26(38)14-34-25-7-3-5-21-10-11-35(17-23(21)25)15-20-8-9-20/h1-7,20,34H,8-19H2. The number of rotatable bonds is 10. The highest BCUT2D eigenvalue weighted by atomic mass is 19.4. The molecule has 2 heterocycles. The van der Waals surface area contributed by atoms with Crippen LogP contribution in [-0.4, -0.2) is 72.3 Å². The quantitative estimate of drug-likeness (QED) is 0.440. The van der Waals surface area contributed by atoms with Crippen LogP contribution < -0.4 is 5.32 Å². The maximum atomic E-state index is 13.6. The van der Waals surface area contributed by atoms with Crippen molar-refractivity contribution in [2.24, 2.45) is 5.92 Å². The molecule has 206 valence electrons. The summed E-state index contributed by atoms with van der Waals surface area (Å²) in [6, 6.07) is 11.1.